The van der Waals surface area contributed by atoms with Crippen LogP contribution in [0.25, 0.3) is 121 Å². The first-order valence-corrected chi connectivity index (χ1v) is 21.3. The average Bonchev–Trinajstić information content (AvgIpc) is 3.82. The Hall–Kier alpha value is -7.54. The lowest BCUT2D eigenvalue weighted by Crippen LogP contribution is -2.14. The molecule has 4 aliphatic rings. The maximum Gasteiger partial charge on any atom is 0.0200 e. The van der Waals surface area contributed by atoms with Crippen LogP contribution < -0.4 is 0 Å². The molecule has 0 N–H and O–H groups in total. The van der Waals surface area contributed by atoms with Crippen molar-refractivity contribution in [2.75, 3.05) is 0 Å². The average molecular weight is 757 g/mol. The van der Waals surface area contributed by atoms with Gasteiger partial charge in [-0.05, 0) is 138 Å². The Kier molecular flexibility index (Phi) is 6.49. The zero-order valence-corrected chi connectivity index (χ0v) is 32.8. The van der Waals surface area contributed by atoms with Crippen molar-refractivity contribution in [1.82, 2.24) is 0 Å². The molecule has 0 spiro atoms. The summed E-state index contributed by atoms with van der Waals surface area (Å²) in [5.41, 5.74) is 21.2. The highest BCUT2D eigenvalue weighted by atomic mass is 14.5. The molecule has 0 heteroatoms. The van der Waals surface area contributed by atoms with Gasteiger partial charge in [-0.1, -0.05) is 200 Å². The summed E-state index contributed by atoms with van der Waals surface area (Å²) in [6, 6.07) is 64.0. The summed E-state index contributed by atoms with van der Waals surface area (Å²) in [4.78, 5) is 0. The zero-order valence-electron chi connectivity index (χ0n) is 32.8. The number of benzene rings is 10. The molecule has 4 aliphatic carbocycles. The van der Waals surface area contributed by atoms with E-state index in [1.165, 1.54) is 132 Å². The van der Waals surface area contributed by atoms with Gasteiger partial charge in [0.2, 0.25) is 0 Å². The third-order valence-electron chi connectivity index (χ3n) is 14.0. The first kappa shape index (κ1) is 32.4. The van der Waals surface area contributed by atoms with Crippen molar-refractivity contribution in [2.45, 2.75) is 0 Å². The minimum absolute atomic E-state index is 0.260. The molecular weight excluding hydrogens is 721 g/mol. The molecule has 60 heavy (non-hydrogen) atoms. The van der Waals surface area contributed by atoms with Gasteiger partial charge in [-0.3, -0.25) is 0 Å². The van der Waals surface area contributed by atoms with Crippen LogP contribution in [0, 0.1) is 11.8 Å². The fraction of sp³-hybridized carbons (Fsp3) is 0.0333. The topological polar surface area (TPSA) is 0 Å². The molecule has 0 amide bonds. The third-order valence-corrected chi connectivity index (χ3v) is 14.0. The van der Waals surface area contributed by atoms with E-state index in [1.54, 1.807) is 0 Å². The van der Waals surface area contributed by atoms with Crippen molar-refractivity contribution in [3.05, 3.63) is 217 Å². The Morgan fingerprint density at radius 1 is 0.283 bits per heavy atom. The second-order valence-electron chi connectivity index (χ2n) is 16.9. The predicted octanol–water partition coefficient (Wildman–Crippen LogP) is 16.2. The molecule has 0 bridgehead atoms. The maximum atomic E-state index is 2.52. The van der Waals surface area contributed by atoms with Crippen molar-refractivity contribution in [1.29, 1.82) is 0 Å². The van der Waals surface area contributed by atoms with Crippen LogP contribution in [0.15, 0.2) is 206 Å². The predicted molar refractivity (Wildman–Crippen MR) is 255 cm³/mol. The normalized spacial score (nSPS) is 16.7. The van der Waals surface area contributed by atoms with E-state index >= 15 is 0 Å². The van der Waals surface area contributed by atoms with E-state index < -0.39 is 0 Å². The molecule has 10 aromatic rings. The van der Waals surface area contributed by atoms with Crippen LogP contribution in [0.4, 0.5) is 0 Å². The second kappa shape index (κ2) is 12.0. The summed E-state index contributed by atoms with van der Waals surface area (Å²) in [6.45, 7) is 0. The van der Waals surface area contributed by atoms with Gasteiger partial charge >= 0.3 is 0 Å². The number of allylic oxidation sites excluding steroid dienone is 8. The van der Waals surface area contributed by atoms with Crippen LogP contribution >= 0.6 is 0 Å². The summed E-state index contributed by atoms with van der Waals surface area (Å²) in [5.74, 6) is 0.570. The third kappa shape index (κ3) is 4.15. The molecule has 0 heterocycles. The van der Waals surface area contributed by atoms with Gasteiger partial charge in [-0.15, -0.1) is 0 Å². The van der Waals surface area contributed by atoms with Crippen LogP contribution in [-0.2, 0) is 0 Å². The minimum Gasteiger partial charge on any atom is -0.0767 e. The Morgan fingerprint density at radius 3 is 1.23 bits per heavy atom. The minimum atomic E-state index is 0.260. The summed E-state index contributed by atoms with van der Waals surface area (Å²) >= 11 is 0. The van der Waals surface area contributed by atoms with E-state index in [4.69, 9.17) is 0 Å². The van der Waals surface area contributed by atoms with E-state index in [0.717, 1.165) is 0 Å². The van der Waals surface area contributed by atoms with Crippen LogP contribution in [0.1, 0.15) is 11.1 Å². The lowest BCUT2D eigenvalue weighted by Gasteiger charge is -2.28. The van der Waals surface area contributed by atoms with Crippen molar-refractivity contribution in [3.8, 4) is 66.8 Å². The molecule has 0 aliphatic heterocycles. The van der Waals surface area contributed by atoms with Gasteiger partial charge in [-0.25, -0.2) is 0 Å². The molecule has 10 aromatic carbocycles. The van der Waals surface area contributed by atoms with Crippen LogP contribution in [0.2, 0.25) is 0 Å². The molecule has 0 nitrogen and oxygen atoms in total. The van der Waals surface area contributed by atoms with Crippen molar-refractivity contribution < 1.29 is 0 Å². The SMILES string of the molecule is C1=CC2C=CC=C3c4c(c(-c5ccccc5)c5c(-c6ccccc6)c6c(c(-c7ccccc7)c5c4-c4ccccc4)-c4cc5cccc7ccc8ccc-6c4c8c75)C(=C1)C32. The molecule has 0 saturated heterocycles. The van der Waals surface area contributed by atoms with E-state index in [0.29, 0.717) is 5.92 Å². The standard InChI is InChI=1S/C60H36/c1-5-16-36(17-6-1)50-55-43-28-14-25-35-26-15-29-44(48(35)43)56(55)51(37-18-7-2-8-19-37)60-53(39-22-11-4-12-23-39)58-46-34-42-27-13-24-40-30-31-41-32-33-45(54(46)49(41)47(40)42)57(58)52(59(50)60)38-20-9-3-10-21-38/h1-35,48H. The van der Waals surface area contributed by atoms with Gasteiger partial charge in [0.05, 0.1) is 0 Å². The summed E-state index contributed by atoms with van der Waals surface area (Å²) in [5, 5.41) is 10.6. The van der Waals surface area contributed by atoms with Crippen LogP contribution in [-0.4, -0.2) is 0 Å². The van der Waals surface area contributed by atoms with E-state index in [9.17, 15) is 0 Å². The molecule has 14 rings (SSSR count). The first-order valence-electron chi connectivity index (χ1n) is 21.3. The Morgan fingerprint density at radius 2 is 0.717 bits per heavy atom. The van der Waals surface area contributed by atoms with Crippen molar-refractivity contribution >= 4 is 54.2 Å². The number of hydrogen-bond donors (Lipinski definition) is 0. The Labute approximate surface area is 348 Å². The van der Waals surface area contributed by atoms with Crippen LogP contribution in [0.3, 0.4) is 0 Å². The van der Waals surface area contributed by atoms with Gasteiger partial charge in [0, 0.05) is 11.8 Å². The molecule has 0 saturated carbocycles. The fourth-order valence-electron chi connectivity index (χ4n) is 11.8. The summed E-state index contributed by atoms with van der Waals surface area (Å²) in [6.07, 6.45) is 14.3. The highest BCUT2D eigenvalue weighted by Gasteiger charge is 2.44. The quantitative estimate of drug-likeness (QED) is 0.157. The molecule has 0 fully saturated rings. The second-order valence-corrected chi connectivity index (χ2v) is 16.9. The van der Waals surface area contributed by atoms with E-state index in [2.05, 4.69) is 206 Å². The fourth-order valence-corrected chi connectivity index (χ4v) is 11.8. The lowest BCUT2D eigenvalue weighted by molar-refractivity contribution is 0.707. The van der Waals surface area contributed by atoms with Gasteiger partial charge in [0.15, 0.2) is 0 Å². The molecule has 0 radical (unpaired) electrons. The largest absolute Gasteiger partial charge is 0.0767 e. The van der Waals surface area contributed by atoms with Gasteiger partial charge in [0.25, 0.3) is 0 Å². The molecule has 0 aromatic heterocycles. The summed E-state index contributed by atoms with van der Waals surface area (Å²) in [7, 11) is 0. The number of hydrogen-bond acceptors (Lipinski definition) is 0. The highest BCUT2D eigenvalue weighted by Crippen LogP contribution is 2.66. The smallest absolute Gasteiger partial charge is 0.0200 e. The Bertz CT molecular complexity index is 3600. The number of fused-ring (bicyclic) bond motifs is 7. The van der Waals surface area contributed by atoms with Crippen molar-refractivity contribution in [3.63, 3.8) is 0 Å². The van der Waals surface area contributed by atoms with Gasteiger partial charge in [0.1, 0.15) is 0 Å². The highest BCUT2D eigenvalue weighted by molar-refractivity contribution is 6.38. The summed E-state index contributed by atoms with van der Waals surface area (Å²) < 4.78 is 0. The van der Waals surface area contributed by atoms with Crippen LogP contribution in [0.5, 0.6) is 0 Å². The molecular formula is C60H36. The maximum absolute atomic E-state index is 2.52. The van der Waals surface area contributed by atoms with Gasteiger partial charge in [-0.2, -0.15) is 0 Å². The Balaban J connectivity index is 1.33. The molecule has 276 valence electrons. The van der Waals surface area contributed by atoms with E-state index in [-0.39, 0.29) is 5.92 Å². The van der Waals surface area contributed by atoms with Gasteiger partial charge < -0.3 is 0 Å². The first-order chi connectivity index (χ1) is 29.8. The number of rotatable bonds is 4. The molecule has 2 atom stereocenters. The zero-order chi connectivity index (χ0) is 39.1. The lowest BCUT2D eigenvalue weighted by atomic mass is 9.74. The monoisotopic (exact) mass is 756 g/mol. The van der Waals surface area contributed by atoms with Crippen molar-refractivity contribution in [2.24, 2.45) is 11.8 Å². The van der Waals surface area contributed by atoms with E-state index in [1.807, 2.05) is 0 Å². The molecule has 2 unspecified atom stereocenters.